The molecule has 2 unspecified atom stereocenters. The highest BCUT2D eigenvalue weighted by atomic mass is 31.2. The lowest BCUT2D eigenvalue weighted by Gasteiger charge is -2.20. The van der Waals surface area contributed by atoms with Crippen LogP contribution in [-0.4, -0.2) is 49.9 Å². The molecule has 0 fully saturated rings. The van der Waals surface area contributed by atoms with Crippen LogP contribution in [-0.2, 0) is 27.9 Å². The van der Waals surface area contributed by atoms with Gasteiger partial charge < -0.3 is 20.1 Å². The predicted octanol–water partition coefficient (Wildman–Crippen LogP) is 18.9. The number of carbonyl (C=O) groups excluding carboxylic acids is 1. The molecule has 0 aliphatic carbocycles. The first-order chi connectivity index (χ1) is 33.4. The summed E-state index contributed by atoms with van der Waals surface area (Å²) < 4.78 is 33.7. The number of carbonyl (C=O) groups is 1. The number of ether oxygens (including phenoxy) is 2. The third kappa shape index (κ3) is 55.6. The maximum Gasteiger partial charge on any atom is 0.472 e. The summed E-state index contributed by atoms with van der Waals surface area (Å²) in [6.45, 7) is 4.97. The number of esters is 1. The van der Waals surface area contributed by atoms with E-state index >= 15 is 0 Å². The van der Waals surface area contributed by atoms with E-state index in [9.17, 15) is 14.3 Å². The highest BCUT2D eigenvalue weighted by Gasteiger charge is 2.25. The average molecular weight is 981 g/mol. The molecule has 9 heteroatoms. The van der Waals surface area contributed by atoms with Crippen LogP contribution >= 0.6 is 7.82 Å². The Morgan fingerprint density at radius 2 is 0.779 bits per heavy atom. The smallest absolute Gasteiger partial charge is 0.457 e. The third-order valence-electron chi connectivity index (χ3n) is 13.1. The van der Waals surface area contributed by atoms with E-state index in [1.165, 1.54) is 231 Å². The molecule has 0 amide bonds. The third-order valence-corrected chi connectivity index (χ3v) is 14.0. The minimum atomic E-state index is -4.29. The summed E-state index contributed by atoms with van der Waals surface area (Å²) in [5, 5.41) is 0. The molecule has 0 heterocycles. The number of nitrogens with two attached hydrogens (primary N) is 1. The second-order valence-corrected chi connectivity index (χ2v) is 21.3. The molecule has 0 radical (unpaired) electrons. The summed E-state index contributed by atoms with van der Waals surface area (Å²) >= 11 is 0. The molecule has 0 rings (SSSR count). The summed E-state index contributed by atoms with van der Waals surface area (Å²) in [7, 11) is -4.29. The van der Waals surface area contributed by atoms with Gasteiger partial charge in [0, 0.05) is 19.6 Å². The first kappa shape index (κ1) is 66.7. The van der Waals surface area contributed by atoms with Crippen LogP contribution in [0.25, 0.3) is 0 Å². The molecule has 0 aliphatic heterocycles. The maximum atomic E-state index is 12.7. The van der Waals surface area contributed by atoms with Crippen molar-refractivity contribution in [3.05, 3.63) is 36.5 Å². The first-order valence-corrected chi connectivity index (χ1v) is 31.0. The fraction of sp³-hybridized carbons (Fsp3) is 0.881. The van der Waals surface area contributed by atoms with Gasteiger partial charge in [-0.05, 0) is 51.4 Å². The molecule has 0 saturated carbocycles. The van der Waals surface area contributed by atoms with Crippen LogP contribution in [0, 0.1) is 0 Å². The van der Waals surface area contributed by atoms with Gasteiger partial charge in [0.1, 0.15) is 6.10 Å². The van der Waals surface area contributed by atoms with Crippen molar-refractivity contribution in [2.75, 3.05) is 33.0 Å². The monoisotopic (exact) mass is 980 g/mol. The quantitative estimate of drug-likeness (QED) is 0.0268. The van der Waals surface area contributed by atoms with E-state index < -0.39 is 13.9 Å². The van der Waals surface area contributed by atoms with Crippen molar-refractivity contribution < 1.29 is 32.8 Å². The van der Waals surface area contributed by atoms with E-state index in [0.29, 0.717) is 13.0 Å². The Labute approximate surface area is 422 Å². The molecular formula is C59H114NO7P. The lowest BCUT2D eigenvalue weighted by Crippen LogP contribution is -2.28. The number of hydrogen-bond donors (Lipinski definition) is 2. The van der Waals surface area contributed by atoms with Crippen molar-refractivity contribution in [3.63, 3.8) is 0 Å². The van der Waals surface area contributed by atoms with E-state index in [0.717, 1.165) is 44.9 Å². The molecule has 0 bridgehead atoms. The maximum absolute atomic E-state index is 12.7. The van der Waals surface area contributed by atoms with Crippen LogP contribution in [0.2, 0.25) is 0 Å². The summed E-state index contributed by atoms with van der Waals surface area (Å²) in [5.41, 5.74) is 5.41. The Balaban J connectivity index is 3.86. The molecule has 0 aromatic carbocycles. The van der Waals surface area contributed by atoms with Gasteiger partial charge in [-0.1, -0.05) is 275 Å². The van der Waals surface area contributed by atoms with Gasteiger partial charge in [0.05, 0.1) is 19.8 Å². The Morgan fingerprint density at radius 1 is 0.441 bits per heavy atom. The second kappa shape index (κ2) is 56.6. The molecule has 0 spiro atoms. The Morgan fingerprint density at radius 3 is 1.16 bits per heavy atom. The molecule has 0 aromatic heterocycles. The number of rotatable bonds is 57. The number of hydrogen-bond acceptors (Lipinski definition) is 7. The van der Waals surface area contributed by atoms with Gasteiger partial charge in [-0.3, -0.25) is 13.8 Å². The molecule has 3 N–H and O–H groups in total. The molecule has 68 heavy (non-hydrogen) atoms. The summed E-state index contributed by atoms with van der Waals surface area (Å²) in [6.07, 6.45) is 69.1. The van der Waals surface area contributed by atoms with Gasteiger partial charge in [0.25, 0.3) is 0 Å². The zero-order chi connectivity index (χ0) is 49.4. The van der Waals surface area contributed by atoms with Crippen molar-refractivity contribution in [1.29, 1.82) is 0 Å². The van der Waals surface area contributed by atoms with E-state index in [1.807, 2.05) is 0 Å². The van der Waals surface area contributed by atoms with Gasteiger partial charge in [0.2, 0.25) is 0 Å². The van der Waals surface area contributed by atoms with Crippen LogP contribution < -0.4 is 5.73 Å². The highest BCUT2D eigenvalue weighted by Crippen LogP contribution is 2.43. The zero-order valence-electron chi connectivity index (χ0n) is 45.1. The number of allylic oxidation sites excluding steroid dienone is 6. The van der Waals surface area contributed by atoms with Crippen molar-refractivity contribution in [3.8, 4) is 0 Å². The van der Waals surface area contributed by atoms with E-state index in [1.54, 1.807) is 0 Å². The number of phosphoric acid groups is 1. The Hall–Kier alpha value is -1.28. The SMILES string of the molecule is CCCCCCC/C=C\C/C=C\C/C=C\CCCCCCCCCCCCCOCC(COP(=O)(O)OCCN)OC(=O)CCCCCCCCCCCCCCCCCCCCCCCCC. The van der Waals surface area contributed by atoms with Crippen molar-refractivity contribution in [2.45, 2.75) is 302 Å². The fourth-order valence-corrected chi connectivity index (χ4v) is 9.48. The van der Waals surface area contributed by atoms with Crippen molar-refractivity contribution in [2.24, 2.45) is 5.73 Å². The fourth-order valence-electron chi connectivity index (χ4n) is 8.71. The molecule has 0 aliphatic rings. The minimum Gasteiger partial charge on any atom is -0.457 e. The number of phosphoric ester groups is 1. The Kier molecular flexibility index (Phi) is 55.6. The van der Waals surface area contributed by atoms with Crippen LogP contribution in [0.1, 0.15) is 296 Å². The van der Waals surface area contributed by atoms with E-state index in [4.69, 9.17) is 24.3 Å². The zero-order valence-corrected chi connectivity index (χ0v) is 46.0. The largest absolute Gasteiger partial charge is 0.472 e. The summed E-state index contributed by atoms with van der Waals surface area (Å²) in [4.78, 5) is 22.7. The van der Waals surface area contributed by atoms with E-state index in [-0.39, 0.29) is 32.3 Å². The molecule has 402 valence electrons. The van der Waals surface area contributed by atoms with Crippen LogP contribution in [0.15, 0.2) is 36.5 Å². The second-order valence-electron chi connectivity index (χ2n) is 19.9. The normalized spacial score (nSPS) is 13.4. The summed E-state index contributed by atoms with van der Waals surface area (Å²) in [5.74, 6) is -0.324. The molecule has 8 nitrogen and oxygen atoms in total. The summed E-state index contributed by atoms with van der Waals surface area (Å²) in [6, 6.07) is 0. The lowest BCUT2D eigenvalue weighted by molar-refractivity contribution is -0.154. The molecule has 2 atom stereocenters. The lowest BCUT2D eigenvalue weighted by atomic mass is 10.0. The Bertz CT molecular complexity index is 1150. The van der Waals surface area contributed by atoms with E-state index in [2.05, 4.69) is 50.3 Å². The minimum absolute atomic E-state index is 0.0942. The van der Waals surface area contributed by atoms with Gasteiger partial charge in [-0.2, -0.15) is 0 Å². The topological polar surface area (TPSA) is 117 Å². The van der Waals surface area contributed by atoms with Crippen molar-refractivity contribution in [1.82, 2.24) is 0 Å². The average Bonchev–Trinajstić information content (AvgIpc) is 3.33. The van der Waals surface area contributed by atoms with Gasteiger partial charge in [0.15, 0.2) is 0 Å². The van der Waals surface area contributed by atoms with Crippen LogP contribution in [0.4, 0.5) is 0 Å². The standard InChI is InChI=1S/C59H114NO7P/c1-3-5-7-9-11-13-15-17-19-21-23-25-27-28-29-31-33-35-37-39-41-43-45-47-49-51-54-64-56-58(57-66-68(62,63)65-55-53-60)67-59(61)52-50-48-46-44-42-40-38-36-34-32-30-26-24-22-20-18-16-14-12-10-8-6-4-2/h15,17,21,23,27-28,58H,3-14,16,18-20,22,24-26,29-57,60H2,1-2H3,(H,62,63)/b17-15-,23-21-,28-27-. The van der Waals surface area contributed by atoms with Gasteiger partial charge in [-0.25, -0.2) is 4.57 Å². The predicted molar refractivity (Wildman–Crippen MR) is 293 cm³/mol. The molecular weight excluding hydrogens is 866 g/mol. The van der Waals surface area contributed by atoms with Crippen LogP contribution in [0.3, 0.4) is 0 Å². The number of unbranched alkanes of at least 4 members (excludes halogenated alkanes) is 38. The molecule has 0 aromatic rings. The first-order valence-electron chi connectivity index (χ1n) is 29.5. The van der Waals surface area contributed by atoms with Gasteiger partial charge in [-0.15, -0.1) is 0 Å². The van der Waals surface area contributed by atoms with Gasteiger partial charge >= 0.3 is 13.8 Å². The highest BCUT2D eigenvalue weighted by molar-refractivity contribution is 7.47. The van der Waals surface area contributed by atoms with Crippen molar-refractivity contribution >= 4 is 13.8 Å². The van der Waals surface area contributed by atoms with Crippen LogP contribution in [0.5, 0.6) is 0 Å². The molecule has 0 saturated heterocycles.